The highest BCUT2D eigenvalue weighted by Crippen LogP contribution is 2.49. The maximum Gasteiger partial charge on any atom is 0.227 e. The molecule has 4 nitrogen and oxygen atoms in total. The maximum atomic E-state index is 14.2. The summed E-state index contributed by atoms with van der Waals surface area (Å²) >= 11 is 13.1. The number of carbonyl (C=O) groups is 2. The lowest BCUT2D eigenvalue weighted by Crippen LogP contribution is -2.42. The van der Waals surface area contributed by atoms with Crippen LogP contribution in [0.3, 0.4) is 0 Å². The molecule has 0 unspecified atom stereocenters. The van der Waals surface area contributed by atoms with E-state index in [0.29, 0.717) is 22.9 Å². The van der Waals surface area contributed by atoms with Gasteiger partial charge in [-0.25, -0.2) is 0 Å². The molecule has 0 saturated carbocycles. The Morgan fingerprint density at radius 1 is 1.00 bits per heavy atom. The van der Waals surface area contributed by atoms with Crippen molar-refractivity contribution in [3.05, 3.63) is 105 Å². The quantitative estimate of drug-likeness (QED) is 0.291. The molecule has 6 heteroatoms. The van der Waals surface area contributed by atoms with Crippen LogP contribution in [0, 0.1) is 5.92 Å². The molecule has 2 aliphatic rings. The predicted molar refractivity (Wildman–Crippen MR) is 170 cm³/mol. The lowest BCUT2D eigenvalue weighted by molar-refractivity contribution is -0.123. The molecule has 1 aliphatic carbocycles. The first-order valence-corrected chi connectivity index (χ1v) is 15.3. The van der Waals surface area contributed by atoms with Gasteiger partial charge in [-0.15, -0.1) is 0 Å². The number of amides is 1. The normalized spacial score (nSPS) is 20.4. The Kier molecular flexibility index (Phi) is 8.63. The van der Waals surface area contributed by atoms with Gasteiger partial charge in [0.15, 0.2) is 0 Å². The first-order chi connectivity index (χ1) is 19.6. The third kappa shape index (κ3) is 6.10. The summed E-state index contributed by atoms with van der Waals surface area (Å²) in [4.78, 5) is 30.1. The van der Waals surface area contributed by atoms with Crippen molar-refractivity contribution in [1.82, 2.24) is 0 Å². The molecule has 0 spiro atoms. The van der Waals surface area contributed by atoms with Crippen LogP contribution in [0.15, 0.2) is 78.5 Å². The van der Waals surface area contributed by atoms with Crippen LogP contribution in [-0.2, 0) is 15.0 Å². The molecule has 3 atom stereocenters. The van der Waals surface area contributed by atoms with Crippen molar-refractivity contribution >= 4 is 46.3 Å². The van der Waals surface area contributed by atoms with Crippen LogP contribution in [0.5, 0.6) is 0 Å². The number of nitrogens with zero attached hydrogens (tertiary/aromatic N) is 1. The number of hydrogen-bond acceptors (Lipinski definition) is 3. The monoisotopic (exact) mass is 588 g/mol. The van der Waals surface area contributed by atoms with Gasteiger partial charge in [0.05, 0.1) is 23.3 Å². The molecule has 214 valence electrons. The zero-order valence-corrected chi connectivity index (χ0v) is 25.7. The Morgan fingerprint density at radius 2 is 1.73 bits per heavy atom. The molecule has 1 aliphatic heterocycles. The molecule has 41 heavy (non-hydrogen) atoms. The van der Waals surface area contributed by atoms with E-state index >= 15 is 0 Å². The number of halogens is 2. The van der Waals surface area contributed by atoms with E-state index in [1.807, 2.05) is 35.2 Å². The number of unbranched alkanes of at least 4 members (excludes halogenated alkanes) is 2. The molecule has 0 saturated heterocycles. The largest absolute Gasteiger partial charge is 0.357 e. The molecule has 0 radical (unpaired) electrons. The Bertz CT molecular complexity index is 1470. The number of ketones is 1. The second-order valence-electron chi connectivity index (χ2n) is 12.2. The molecule has 1 amide bonds. The van der Waals surface area contributed by atoms with Gasteiger partial charge in [-0.3, -0.25) is 9.59 Å². The van der Waals surface area contributed by atoms with Gasteiger partial charge in [0, 0.05) is 34.5 Å². The average Bonchev–Trinajstić information content (AvgIpc) is 3.07. The second-order valence-corrected chi connectivity index (χ2v) is 13.1. The molecule has 0 bridgehead atoms. The Labute approximate surface area is 253 Å². The van der Waals surface area contributed by atoms with Crippen molar-refractivity contribution in [2.75, 3.05) is 10.2 Å². The van der Waals surface area contributed by atoms with E-state index in [1.165, 1.54) is 5.56 Å². The average molecular weight is 590 g/mol. The van der Waals surface area contributed by atoms with Crippen LogP contribution in [0.1, 0.15) is 88.4 Å². The number of hydrogen-bond donors (Lipinski definition) is 1. The zero-order valence-electron chi connectivity index (χ0n) is 24.2. The van der Waals surface area contributed by atoms with E-state index < -0.39 is 12.0 Å². The SMILES string of the molecule is CCCCCC(=O)N1c2ccccc2NC2=C[C@H](c3ccc(C(C)(C)C)cc3)CC(=O)[C@H]2[C@@H]1c1ccc(Cl)cc1Cl. The minimum atomic E-state index is -0.604. The van der Waals surface area contributed by atoms with Gasteiger partial charge in [-0.1, -0.05) is 112 Å². The second kappa shape index (κ2) is 12.0. The van der Waals surface area contributed by atoms with E-state index in [4.69, 9.17) is 23.2 Å². The number of Topliss-reactive ketones (excluding diaryl/α,β-unsaturated/α-hetero) is 1. The van der Waals surface area contributed by atoms with Crippen molar-refractivity contribution in [3.63, 3.8) is 0 Å². The topological polar surface area (TPSA) is 49.4 Å². The summed E-state index contributed by atoms with van der Waals surface area (Å²) in [7, 11) is 0. The Morgan fingerprint density at radius 3 is 2.41 bits per heavy atom. The highest BCUT2D eigenvalue weighted by Gasteiger charge is 2.45. The fourth-order valence-electron chi connectivity index (χ4n) is 6.05. The van der Waals surface area contributed by atoms with Crippen molar-refractivity contribution in [1.29, 1.82) is 0 Å². The van der Waals surface area contributed by atoms with Crippen LogP contribution in [0.25, 0.3) is 0 Å². The third-order valence-electron chi connectivity index (χ3n) is 8.27. The van der Waals surface area contributed by atoms with Crippen LogP contribution >= 0.6 is 23.2 Å². The maximum absolute atomic E-state index is 14.2. The summed E-state index contributed by atoms with van der Waals surface area (Å²) in [5.74, 6) is -0.607. The predicted octanol–water partition coefficient (Wildman–Crippen LogP) is 9.63. The van der Waals surface area contributed by atoms with Crippen molar-refractivity contribution in [3.8, 4) is 0 Å². The molecular weight excluding hydrogens is 551 g/mol. The number of fused-ring (bicyclic) bond motifs is 2. The molecule has 3 aromatic carbocycles. The van der Waals surface area contributed by atoms with Gasteiger partial charge in [0.2, 0.25) is 5.91 Å². The number of anilines is 2. The molecule has 0 aromatic heterocycles. The summed E-state index contributed by atoms with van der Waals surface area (Å²) < 4.78 is 0. The number of carbonyl (C=O) groups excluding carboxylic acids is 2. The standard InChI is InChI=1S/C35H38Cl2N2O2/c1-5-6-7-12-32(41)39-30-11-9-8-10-28(30)38-29-19-23(22-13-15-24(16-14-22)35(2,3)4)20-31(40)33(29)34(39)26-18-17-25(36)21-27(26)37/h8-11,13-19,21,23,33-34,38H,5-7,12,20H2,1-4H3/t23-,33-,34-/m0/s1. The van der Waals surface area contributed by atoms with Crippen molar-refractivity contribution in [2.45, 2.75) is 77.2 Å². The van der Waals surface area contributed by atoms with Crippen LogP contribution in [0.4, 0.5) is 11.4 Å². The van der Waals surface area contributed by atoms with Gasteiger partial charge in [-0.2, -0.15) is 0 Å². The Balaban J connectivity index is 1.65. The molecule has 1 heterocycles. The molecule has 1 N–H and O–H groups in total. The zero-order chi connectivity index (χ0) is 29.3. The number of rotatable bonds is 6. The van der Waals surface area contributed by atoms with E-state index in [2.05, 4.69) is 63.4 Å². The number of allylic oxidation sites excluding steroid dienone is 1. The summed E-state index contributed by atoms with van der Waals surface area (Å²) in [5.41, 5.74) is 5.48. The molecule has 0 fully saturated rings. The van der Waals surface area contributed by atoms with E-state index in [9.17, 15) is 9.59 Å². The first-order valence-electron chi connectivity index (χ1n) is 14.6. The van der Waals surface area contributed by atoms with Gasteiger partial charge in [0.25, 0.3) is 0 Å². The number of nitrogens with one attached hydrogen (secondary N) is 1. The van der Waals surface area contributed by atoms with Gasteiger partial charge >= 0.3 is 0 Å². The lowest BCUT2D eigenvalue weighted by atomic mass is 9.75. The highest BCUT2D eigenvalue weighted by molar-refractivity contribution is 6.35. The molecule has 3 aromatic rings. The lowest BCUT2D eigenvalue weighted by Gasteiger charge is -2.38. The molecule has 5 rings (SSSR count). The Hall–Kier alpha value is -3.08. The van der Waals surface area contributed by atoms with Crippen LogP contribution < -0.4 is 10.2 Å². The molecular formula is C35H38Cl2N2O2. The fraction of sp³-hybridized carbons (Fsp3) is 0.371. The summed E-state index contributed by atoms with van der Waals surface area (Å²) in [6, 6.07) is 21.1. The number of benzene rings is 3. The van der Waals surface area contributed by atoms with Crippen molar-refractivity contribution in [2.24, 2.45) is 5.92 Å². The van der Waals surface area contributed by atoms with Crippen LogP contribution in [-0.4, -0.2) is 11.7 Å². The highest BCUT2D eigenvalue weighted by atomic mass is 35.5. The van der Waals surface area contributed by atoms with E-state index in [-0.39, 0.29) is 23.0 Å². The minimum absolute atomic E-state index is 0.0161. The summed E-state index contributed by atoms with van der Waals surface area (Å²) in [6.45, 7) is 8.71. The summed E-state index contributed by atoms with van der Waals surface area (Å²) in [6.07, 6.45) is 5.69. The van der Waals surface area contributed by atoms with Gasteiger partial charge in [-0.05, 0) is 52.8 Å². The van der Waals surface area contributed by atoms with Gasteiger partial charge in [0.1, 0.15) is 5.78 Å². The van der Waals surface area contributed by atoms with Crippen molar-refractivity contribution < 1.29 is 9.59 Å². The fourth-order valence-corrected chi connectivity index (χ4v) is 6.57. The smallest absolute Gasteiger partial charge is 0.227 e. The minimum Gasteiger partial charge on any atom is -0.357 e. The van der Waals surface area contributed by atoms with Crippen LogP contribution in [0.2, 0.25) is 10.0 Å². The van der Waals surface area contributed by atoms with E-state index in [0.717, 1.165) is 47.5 Å². The number of para-hydroxylation sites is 2. The third-order valence-corrected chi connectivity index (χ3v) is 8.83. The van der Waals surface area contributed by atoms with E-state index in [1.54, 1.807) is 12.1 Å². The van der Waals surface area contributed by atoms with Gasteiger partial charge < -0.3 is 10.2 Å². The summed E-state index contributed by atoms with van der Waals surface area (Å²) in [5, 5.41) is 4.54. The first kappa shape index (κ1) is 29.4.